The number of fused-ring (bicyclic) bond motifs is 1. The van der Waals surface area contributed by atoms with Gasteiger partial charge in [0.05, 0.1) is 37.4 Å². The van der Waals surface area contributed by atoms with Crippen LogP contribution in [0.5, 0.6) is 0 Å². The second kappa shape index (κ2) is 18.5. The van der Waals surface area contributed by atoms with Gasteiger partial charge < -0.3 is 30.5 Å². The van der Waals surface area contributed by atoms with Crippen molar-refractivity contribution in [2.75, 3.05) is 38.0 Å². The predicted octanol–water partition coefficient (Wildman–Crippen LogP) is 6.66. The van der Waals surface area contributed by atoms with Crippen molar-refractivity contribution in [2.45, 2.75) is 77.6 Å². The Morgan fingerprint density at radius 1 is 1.07 bits per heavy atom. The van der Waals surface area contributed by atoms with Crippen LogP contribution in [-0.4, -0.2) is 105 Å². The molecule has 2 saturated heterocycles. The Bertz CT molecular complexity index is 2180. The van der Waals surface area contributed by atoms with Gasteiger partial charge in [0, 0.05) is 35.5 Å². The summed E-state index contributed by atoms with van der Waals surface area (Å²) in [5.74, 6) is 2.66. The number of amides is 2. The number of aromatic carboxylic acids is 1. The van der Waals surface area contributed by atoms with Gasteiger partial charge in [0.2, 0.25) is 0 Å². The highest BCUT2D eigenvalue weighted by atomic mass is 19.3. The molecule has 4 N–H and O–H groups in total. The second-order valence-electron chi connectivity index (χ2n) is 15.6. The van der Waals surface area contributed by atoms with Gasteiger partial charge in [-0.3, -0.25) is 19.2 Å². The molecule has 58 heavy (non-hydrogen) atoms. The minimum absolute atomic E-state index is 0.188. The monoisotopic (exact) mass is 800 g/mol. The molecule has 2 aliphatic heterocycles. The Labute approximate surface area is 336 Å². The zero-order valence-electron chi connectivity index (χ0n) is 33.3. The molecular formula is C43H50F2N6O7. The Balaban J connectivity index is 0.00000207. The van der Waals surface area contributed by atoms with E-state index in [4.69, 9.17) is 19.7 Å². The number of aryl methyl sites for hydroxylation is 1. The number of carboxylic acids is 1. The molecule has 1 aromatic heterocycles. The second-order valence-corrected chi connectivity index (χ2v) is 15.6. The lowest BCUT2D eigenvalue weighted by molar-refractivity contribution is -0.122. The number of carbonyl (C=O) groups is 4. The van der Waals surface area contributed by atoms with E-state index in [-0.39, 0.29) is 36.4 Å². The molecule has 2 atom stereocenters. The molecule has 13 nitrogen and oxygen atoms in total. The number of carboxylic acid groups (broad SMARTS) is 2. The minimum Gasteiger partial charge on any atom is -0.483 e. The molecule has 3 aromatic carbocycles. The fourth-order valence-electron chi connectivity index (χ4n) is 7.04. The lowest BCUT2D eigenvalue weighted by Crippen LogP contribution is -2.38. The van der Waals surface area contributed by atoms with Crippen molar-refractivity contribution in [3.8, 4) is 11.8 Å². The van der Waals surface area contributed by atoms with Gasteiger partial charge in [0.25, 0.3) is 18.3 Å². The molecule has 0 unspecified atom stereocenters. The number of hydrogen-bond donors (Lipinski definition) is 4. The Morgan fingerprint density at radius 3 is 2.41 bits per heavy atom. The molecular weight excluding hydrogens is 751 g/mol. The van der Waals surface area contributed by atoms with E-state index in [1.807, 2.05) is 43.3 Å². The van der Waals surface area contributed by atoms with Crippen LogP contribution in [0, 0.1) is 24.7 Å². The number of alkyl halides is 2. The van der Waals surface area contributed by atoms with Gasteiger partial charge >= 0.3 is 12.1 Å². The molecule has 4 aromatic rings. The fourth-order valence-corrected chi connectivity index (χ4v) is 7.04. The van der Waals surface area contributed by atoms with E-state index in [2.05, 4.69) is 32.5 Å². The number of likely N-dealkylation sites (tertiary alicyclic amines) is 2. The summed E-state index contributed by atoms with van der Waals surface area (Å²) < 4.78 is 37.0. The molecule has 0 aliphatic carbocycles. The Hall–Kier alpha value is -6.01. The number of ether oxygens (including phenoxy) is 1. The molecule has 2 amide bonds. The maximum atomic E-state index is 15.0. The van der Waals surface area contributed by atoms with Gasteiger partial charge in [-0.05, 0) is 101 Å². The van der Waals surface area contributed by atoms with Crippen molar-refractivity contribution < 1.29 is 42.9 Å². The number of piperidine rings is 1. The van der Waals surface area contributed by atoms with Crippen molar-refractivity contribution in [3.05, 3.63) is 94.8 Å². The van der Waals surface area contributed by atoms with Gasteiger partial charge in [-0.2, -0.15) is 5.10 Å². The molecule has 0 saturated carbocycles. The number of rotatable bonds is 9. The highest BCUT2D eigenvalue weighted by Crippen LogP contribution is 2.32. The number of nitrogens with zero attached hydrogens (tertiary/aromatic N) is 4. The fraction of sp³-hybridized carbons (Fsp3) is 0.419. The molecule has 6 rings (SSSR count). The lowest BCUT2D eigenvalue weighted by Gasteiger charge is -2.29. The van der Waals surface area contributed by atoms with E-state index in [0.29, 0.717) is 23.4 Å². The third-order valence-corrected chi connectivity index (χ3v) is 10.1. The molecule has 0 bridgehead atoms. The Morgan fingerprint density at radius 2 is 1.76 bits per heavy atom. The van der Waals surface area contributed by atoms with Crippen LogP contribution in [0.1, 0.15) is 84.0 Å². The topological polar surface area (TPSA) is 166 Å². The van der Waals surface area contributed by atoms with Crippen molar-refractivity contribution in [1.29, 1.82) is 0 Å². The summed E-state index contributed by atoms with van der Waals surface area (Å²) in [7, 11) is 0. The predicted molar refractivity (Wildman–Crippen MR) is 215 cm³/mol. The van der Waals surface area contributed by atoms with Gasteiger partial charge in [-0.25, -0.2) is 18.4 Å². The van der Waals surface area contributed by atoms with Crippen molar-refractivity contribution in [3.63, 3.8) is 0 Å². The first kappa shape index (κ1) is 43.1. The zero-order chi connectivity index (χ0) is 42.2. The summed E-state index contributed by atoms with van der Waals surface area (Å²) in [6.07, 6.45) is 4.01. The third kappa shape index (κ3) is 11.1. The average molecular weight is 801 g/mol. The molecule has 308 valence electrons. The van der Waals surface area contributed by atoms with Crippen LogP contribution in [0.15, 0.2) is 67.0 Å². The highest BCUT2D eigenvalue weighted by Gasteiger charge is 2.50. The number of aromatic nitrogens is 2. The van der Waals surface area contributed by atoms with E-state index < -0.39 is 36.2 Å². The van der Waals surface area contributed by atoms with Gasteiger partial charge in [-0.15, -0.1) is 0 Å². The van der Waals surface area contributed by atoms with E-state index in [1.165, 1.54) is 6.20 Å². The zero-order valence-corrected chi connectivity index (χ0v) is 33.3. The van der Waals surface area contributed by atoms with Gasteiger partial charge in [0.15, 0.2) is 0 Å². The van der Waals surface area contributed by atoms with Crippen LogP contribution in [0.2, 0.25) is 0 Å². The van der Waals surface area contributed by atoms with Crippen LogP contribution in [-0.2, 0) is 16.1 Å². The number of anilines is 1. The maximum Gasteiger partial charge on any atom is 0.410 e. The van der Waals surface area contributed by atoms with E-state index in [0.717, 1.165) is 59.3 Å². The number of nitrogens with one attached hydrogen (secondary N) is 2. The minimum atomic E-state index is -3.20. The van der Waals surface area contributed by atoms with E-state index in [1.54, 1.807) is 56.8 Å². The van der Waals surface area contributed by atoms with Crippen molar-refractivity contribution >= 4 is 40.9 Å². The van der Waals surface area contributed by atoms with Crippen molar-refractivity contribution in [2.24, 2.45) is 5.92 Å². The summed E-state index contributed by atoms with van der Waals surface area (Å²) in [5.41, 5.74) is 2.62. The normalized spacial score (nSPS) is 17.3. The average Bonchev–Trinajstić information content (AvgIpc) is 3.77. The summed E-state index contributed by atoms with van der Waals surface area (Å²) in [5, 5.41) is 28.1. The summed E-state index contributed by atoms with van der Waals surface area (Å²) >= 11 is 0. The number of carbonyl (C=O) groups excluding carboxylic acids is 2. The number of halogens is 2. The standard InChI is InChI=1S/C42H48F2N6O5.CH2O2/c1-27-10-14-32(47-37-25-49(26-42(37,43)44)40(54)55-41(3,4)5)22-36(27)38(51)46-28(2)33-15-13-30(34-8-6-7-9-35(33)34)12-11-29-16-18-48(19-17-29)20-21-50-24-31(23-45-50)39(52)53;2-1-3/h6-10,13-15,22-24,28-29,37,47H,16-21,25-26H2,1-5H3,(H,46,51)(H,52,53);1H,(H,2,3)/t28-,37+;/m1./s1. The molecule has 15 heteroatoms. The van der Waals surface area contributed by atoms with Crippen molar-refractivity contribution in [1.82, 2.24) is 24.9 Å². The molecule has 2 aliphatic rings. The molecule has 0 spiro atoms. The van der Waals surface area contributed by atoms with Crippen LogP contribution in [0.3, 0.4) is 0 Å². The largest absolute Gasteiger partial charge is 0.483 e. The van der Waals surface area contributed by atoms with Gasteiger partial charge in [0.1, 0.15) is 11.6 Å². The van der Waals surface area contributed by atoms with Crippen LogP contribution in [0.25, 0.3) is 10.8 Å². The van der Waals surface area contributed by atoms with Crippen LogP contribution < -0.4 is 10.6 Å². The first-order valence-corrected chi connectivity index (χ1v) is 19.1. The lowest BCUT2D eigenvalue weighted by atomic mass is 9.94. The number of hydrogen-bond acceptors (Lipinski definition) is 8. The summed E-state index contributed by atoms with van der Waals surface area (Å²) in [4.78, 5) is 49.0. The summed E-state index contributed by atoms with van der Waals surface area (Å²) in [6.45, 7) is 10.7. The maximum absolute atomic E-state index is 15.0. The molecule has 2 fully saturated rings. The number of benzene rings is 3. The first-order valence-electron chi connectivity index (χ1n) is 19.1. The van der Waals surface area contributed by atoms with Crippen LogP contribution in [0.4, 0.5) is 19.3 Å². The smallest absolute Gasteiger partial charge is 0.410 e. The quantitative estimate of drug-likeness (QED) is 0.106. The van der Waals surface area contributed by atoms with E-state index in [9.17, 15) is 14.4 Å². The summed E-state index contributed by atoms with van der Waals surface area (Å²) in [6, 6.07) is 15.2. The first-order chi connectivity index (χ1) is 27.5. The van der Waals surface area contributed by atoms with Gasteiger partial charge in [-0.1, -0.05) is 48.2 Å². The Kier molecular flexibility index (Phi) is 13.8. The SMILES string of the molecule is Cc1ccc(N[C@H]2CN(C(=O)OC(C)(C)C)CC2(F)F)cc1C(=O)N[C@H](C)c1ccc(C#CC2CCN(CCn3cc(C(=O)O)cn3)CC2)c2ccccc12.O=CO. The van der Waals surface area contributed by atoms with Crippen LogP contribution >= 0.6 is 0 Å². The molecule has 0 radical (unpaired) electrons. The third-order valence-electron chi connectivity index (χ3n) is 10.1. The van der Waals surface area contributed by atoms with E-state index >= 15 is 8.78 Å². The molecule has 3 heterocycles. The highest BCUT2D eigenvalue weighted by molar-refractivity contribution is 5.98.